The summed E-state index contributed by atoms with van der Waals surface area (Å²) in [5.41, 5.74) is 8.33. The Hall–Kier alpha value is -3.73. The number of carbonyl (C=O) groups is 1. The minimum Gasteiger partial charge on any atom is -0.486 e. The van der Waals surface area contributed by atoms with Crippen LogP contribution >= 0.6 is 0 Å². The Morgan fingerprint density at radius 3 is 2.29 bits per heavy atom. The fourth-order valence-corrected chi connectivity index (χ4v) is 4.57. The van der Waals surface area contributed by atoms with Gasteiger partial charge in [-0.15, -0.1) is 0 Å². The number of piperazine rings is 1. The van der Waals surface area contributed by atoms with Crippen LogP contribution in [-0.4, -0.2) is 53.5 Å². The number of nitrogens with two attached hydrogens (primary N) is 1. The van der Waals surface area contributed by atoms with E-state index in [0.29, 0.717) is 61.2 Å². The number of aromatic nitrogens is 2. The Labute approximate surface area is 218 Å². The van der Waals surface area contributed by atoms with E-state index in [-0.39, 0.29) is 13.2 Å². The standard InChI is InChI=1S/C27H29F4N5O2/c1-16-5-4-6-17(2)24(16)25-33-18(3)20(15-38-22-13-19(27(29,30)31)7-8-21(22)28)26(34-25)36-11-9-35(10-12-36)14-23(32)37/h4-8,13H,9-12,14-15H2,1-3H3,(H2,32,37). The lowest BCUT2D eigenvalue weighted by Crippen LogP contribution is -2.49. The lowest BCUT2D eigenvalue weighted by Gasteiger charge is -2.36. The van der Waals surface area contributed by atoms with Crippen LogP contribution in [-0.2, 0) is 17.6 Å². The summed E-state index contributed by atoms with van der Waals surface area (Å²) in [5.74, 6) is -0.741. The van der Waals surface area contributed by atoms with E-state index < -0.39 is 29.2 Å². The van der Waals surface area contributed by atoms with Crippen molar-refractivity contribution in [3.05, 3.63) is 70.2 Å². The molecule has 3 aromatic rings. The molecule has 0 aliphatic carbocycles. The highest BCUT2D eigenvalue weighted by Gasteiger charge is 2.32. The molecule has 7 nitrogen and oxygen atoms in total. The molecule has 2 aromatic carbocycles. The Morgan fingerprint density at radius 1 is 1.03 bits per heavy atom. The molecule has 1 saturated heterocycles. The number of carbonyl (C=O) groups excluding carboxylic acids is 1. The van der Waals surface area contributed by atoms with Crippen molar-refractivity contribution >= 4 is 11.7 Å². The van der Waals surface area contributed by atoms with Gasteiger partial charge < -0.3 is 15.4 Å². The molecule has 4 rings (SSSR count). The van der Waals surface area contributed by atoms with Gasteiger partial charge in [0.2, 0.25) is 5.91 Å². The second-order valence-corrected chi connectivity index (χ2v) is 9.36. The lowest BCUT2D eigenvalue weighted by atomic mass is 10.0. The van der Waals surface area contributed by atoms with Crippen LogP contribution in [0.4, 0.5) is 23.4 Å². The van der Waals surface area contributed by atoms with Gasteiger partial charge in [-0.25, -0.2) is 14.4 Å². The number of anilines is 1. The van der Waals surface area contributed by atoms with E-state index in [2.05, 4.69) is 0 Å². The Balaban J connectivity index is 1.71. The molecule has 1 aromatic heterocycles. The molecule has 0 saturated carbocycles. The van der Waals surface area contributed by atoms with Crippen molar-refractivity contribution in [3.63, 3.8) is 0 Å². The van der Waals surface area contributed by atoms with E-state index in [0.717, 1.165) is 22.8 Å². The SMILES string of the molecule is Cc1cccc(C)c1-c1nc(C)c(COc2cc(C(F)(F)F)ccc2F)c(N2CCN(CC(N)=O)CC2)n1. The third-order valence-corrected chi connectivity index (χ3v) is 6.58. The number of benzene rings is 2. The van der Waals surface area contributed by atoms with E-state index in [9.17, 15) is 22.4 Å². The summed E-state index contributed by atoms with van der Waals surface area (Å²) in [6.45, 7) is 7.81. The lowest BCUT2D eigenvalue weighted by molar-refractivity contribution is -0.137. The Morgan fingerprint density at radius 2 is 1.68 bits per heavy atom. The topological polar surface area (TPSA) is 84.6 Å². The number of hydrogen-bond donors (Lipinski definition) is 1. The molecule has 0 spiro atoms. The van der Waals surface area contributed by atoms with Crippen LogP contribution in [0.3, 0.4) is 0 Å². The first-order valence-electron chi connectivity index (χ1n) is 12.1. The van der Waals surface area contributed by atoms with Crippen molar-refractivity contribution in [2.45, 2.75) is 33.6 Å². The molecule has 1 aliphatic rings. The van der Waals surface area contributed by atoms with Gasteiger partial charge in [0.1, 0.15) is 12.4 Å². The van der Waals surface area contributed by atoms with Gasteiger partial charge in [0, 0.05) is 31.7 Å². The van der Waals surface area contributed by atoms with Gasteiger partial charge in [-0.3, -0.25) is 9.69 Å². The molecule has 0 radical (unpaired) electrons. The van der Waals surface area contributed by atoms with Crippen molar-refractivity contribution in [3.8, 4) is 17.1 Å². The predicted octanol–water partition coefficient (Wildman–Crippen LogP) is 4.41. The minimum absolute atomic E-state index is 0.148. The number of nitrogens with zero attached hydrogens (tertiary/aromatic N) is 4. The van der Waals surface area contributed by atoms with Crippen LogP contribution in [0.25, 0.3) is 11.4 Å². The fourth-order valence-electron chi connectivity index (χ4n) is 4.57. The van der Waals surface area contributed by atoms with Crippen LogP contribution in [0.15, 0.2) is 36.4 Å². The van der Waals surface area contributed by atoms with E-state index in [1.54, 1.807) is 6.92 Å². The maximum atomic E-state index is 14.4. The van der Waals surface area contributed by atoms with E-state index in [1.165, 1.54) is 0 Å². The van der Waals surface area contributed by atoms with Gasteiger partial charge in [0.25, 0.3) is 0 Å². The zero-order valence-corrected chi connectivity index (χ0v) is 21.4. The molecular formula is C27H29F4N5O2. The normalized spacial score (nSPS) is 14.6. The molecule has 1 fully saturated rings. The number of amides is 1. The molecule has 11 heteroatoms. The highest BCUT2D eigenvalue weighted by Crippen LogP contribution is 2.34. The summed E-state index contributed by atoms with van der Waals surface area (Å²) in [7, 11) is 0. The van der Waals surface area contributed by atoms with E-state index in [1.807, 2.05) is 41.8 Å². The summed E-state index contributed by atoms with van der Waals surface area (Å²) in [6.07, 6.45) is -4.63. The zero-order chi connectivity index (χ0) is 27.6. The number of rotatable bonds is 7. The van der Waals surface area contributed by atoms with E-state index >= 15 is 0 Å². The van der Waals surface area contributed by atoms with Crippen LogP contribution < -0.4 is 15.4 Å². The van der Waals surface area contributed by atoms with Crippen LogP contribution in [0.5, 0.6) is 5.75 Å². The van der Waals surface area contributed by atoms with Crippen molar-refractivity contribution in [1.82, 2.24) is 14.9 Å². The van der Waals surface area contributed by atoms with Crippen molar-refractivity contribution in [1.29, 1.82) is 0 Å². The molecule has 38 heavy (non-hydrogen) atoms. The van der Waals surface area contributed by atoms with Crippen LogP contribution in [0, 0.1) is 26.6 Å². The largest absolute Gasteiger partial charge is 0.486 e. The van der Waals surface area contributed by atoms with Gasteiger partial charge >= 0.3 is 6.18 Å². The summed E-state index contributed by atoms with van der Waals surface area (Å²) in [6, 6.07) is 7.95. The molecular weight excluding hydrogens is 502 g/mol. The highest BCUT2D eigenvalue weighted by atomic mass is 19.4. The first-order chi connectivity index (χ1) is 17.9. The third-order valence-electron chi connectivity index (χ3n) is 6.58. The monoisotopic (exact) mass is 531 g/mol. The maximum absolute atomic E-state index is 14.4. The van der Waals surface area contributed by atoms with Crippen molar-refractivity contribution in [2.24, 2.45) is 5.73 Å². The molecule has 1 amide bonds. The molecule has 2 N–H and O–H groups in total. The van der Waals surface area contributed by atoms with E-state index in [4.69, 9.17) is 20.4 Å². The quantitative estimate of drug-likeness (QED) is 0.455. The summed E-state index contributed by atoms with van der Waals surface area (Å²) in [4.78, 5) is 24.9. The minimum atomic E-state index is -4.63. The summed E-state index contributed by atoms with van der Waals surface area (Å²) >= 11 is 0. The third kappa shape index (κ3) is 6.04. The molecule has 0 atom stereocenters. The van der Waals surface area contributed by atoms with Gasteiger partial charge in [0.15, 0.2) is 17.4 Å². The van der Waals surface area contributed by atoms with Gasteiger partial charge in [-0.1, -0.05) is 18.2 Å². The van der Waals surface area contributed by atoms with Crippen molar-refractivity contribution in [2.75, 3.05) is 37.6 Å². The Bertz CT molecular complexity index is 1320. The first-order valence-corrected chi connectivity index (χ1v) is 12.1. The van der Waals surface area contributed by atoms with Gasteiger partial charge in [-0.05, 0) is 50.1 Å². The number of aryl methyl sites for hydroxylation is 3. The Kier molecular flexibility index (Phi) is 7.86. The molecule has 0 unspecified atom stereocenters. The van der Waals surface area contributed by atoms with Crippen LogP contribution in [0.1, 0.15) is 27.9 Å². The summed E-state index contributed by atoms with van der Waals surface area (Å²) < 4.78 is 59.5. The number of alkyl halides is 3. The fraction of sp³-hybridized carbons (Fsp3) is 0.370. The molecule has 2 heterocycles. The first kappa shape index (κ1) is 27.3. The average Bonchev–Trinajstić information content (AvgIpc) is 2.83. The molecule has 0 bridgehead atoms. The highest BCUT2D eigenvalue weighted by molar-refractivity contribution is 5.76. The van der Waals surface area contributed by atoms with Gasteiger partial charge in [-0.2, -0.15) is 13.2 Å². The maximum Gasteiger partial charge on any atom is 0.416 e. The number of hydrogen-bond acceptors (Lipinski definition) is 6. The van der Waals surface area contributed by atoms with Gasteiger partial charge in [0.05, 0.1) is 23.4 Å². The molecule has 202 valence electrons. The number of primary amides is 1. The number of halogens is 4. The average molecular weight is 532 g/mol. The zero-order valence-electron chi connectivity index (χ0n) is 21.4. The second-order valence-electron chi connectivity index (χ2n) is 9.36. The molecule has 1 aliphatic heterocycles. The van der Waals surface area contributed by atoms with Crippen LogP contribution in [0.2, 0.25) is 0 Å². The smallest absolute Gasteiger partial charge is 0.416 e. The summed E-state index contributed by atoms with van der Waals surface area (Å²) in [5, 5.41) is 0. The number of ether oxygens (including phenoxy) is 1. The predicted molar refractivity (Wildman–Crippen MR) is 135 cm³/mol. The van der Waals surface area contributed by atoms with Crippen molar-refractivity contribution < 1.29 is 27.1 Å². The second kappa shape index (κ2) is 10.9.